The molecule has 0 amide bonds. The van der Waals surface area contributed by atoms with Crippen LogP contribution < -0.4 is 4.74 Å². The summed E-state index contributed by atoms with van der Waals surface area (Å²) in [5.74, 6) is 3.26. The van der Waals surface area contributed by atoms with Gasteiger partial charge in [0.05, 0.1) is 12.1 Å². The minimum absolute atomic E-state index is 0. The number of benzene rings is 5. The van der Waals surface area contributed by atoms with Gasteiger partial charge in [-0.2, -0.15) is 6.07 Å². The van der Waals surface area contributed by atoms with E-state index in [9.17, 15) is 0 Å². The van der Waals surface area contributed by atoms with E-state index in [-0.39, 0.29) is 38.6 Å². The van der Waals surface area contributed by atoms with Gasteiger partial charge in [-0.05, 0) is 40.6 Å². The van der Waals surface area contributed by atoms with Crippen LogP contribution in [0.15, 0.2) is 108 Å². The minimum atomic E-state index is -0.183. The van der Waals surface area contributed by atoms with Crippen LogP contribution >= 0.6 is 0 Å². The number of amidine groups is 1. The normalized spacial score (nSPS) is 17.9. The molecular weight excluding hydrogens is 808 g/mol. The van der Waals surface area contributed by atoms with Crippen LogP contribution in [0, 0.1) is 32.9 Å². The number of ether oxygens (including phenoxy) is 1. The largest absolute Gasteiger partial charge is 2.00 e. The fraction of sp³-hybridized carbons (Fsp3) is 0.200. The molecule has 6 heteroatoms. The van der Waals surface area contributed by atoms with Gasteiger partial charge < -0.3 is 19.2 Å². The molecule has 0 fully saturated rings. The molecule has 0 radical (unpaired) electrons. The molecule has 0 N–H and O–H groups in total. The van der Waals surface area contributed by atoms with E-state index in [1.807, 2.05) is 12.3 Å². The smallest absolute Gasteiger partial charge is 0.503 e. The van der Waals surface area contributed by atoms with Crippen molar-refractivity contribution in [3.8, 4) is 17.3 Å². The Balaban J connectivity index is 0.00000348. The quantitative estimate of drug-likeness (QED) is 0.166. The van der Waals surface area contributed by atoms with Gasteiger partial charge >= 0.3 is 21.1 Å². The molecule has 3 aliphatic heterocycles. The molecule has 5 heterocycles. The zero-order valence-corrected chi connectivity index (χ0v) is 31.5. The first-order chi connectivity index (χ1) is 24.3. The summed E-state index contributed by atoms with van der Waals surface area (Å²) in [4.78, 5) is 12.8. The maximum atomic E-state index is 6.76. The van der Waals surface area contributed by atoms with Crippen molar-refractivity contribution in [3.63, 3.8) is 0 Å². The topological polar surface area (TPSA) is 42.6 Å². The number of aryl methyl sites for hydroxylation is 3. The van der Waals surface area contributed by atoms with Gasteiger partial charge in [0.15, 0.2) is 0 Å². The number of hydrogen-bond acceptors (Lipinski definition) is 4. The Bertz CT molecular complexity index is 2580. The number of aromatic nitrogens is 2. The van der Waals surface area contributed by atoms with Gasteiger partial charge in [-0.3, -0.25) is 0 Å². The van der Waals surface area contributed by atoms with Gasteiger partial charge in [-0.15, -0.1) is 34.2 Å². The summed E-state index contributed by atoms with van der Waals surface area (Å²) in [5, 5.41) is 2.38. The third-order valence-electron chi connectivity index (χ3n) is 11.0. The maximum Gasteiger partial charge on any atom is 2.00 e. The number of aliphatic imine (C=N–C) groups is 1. The van der Waals surface area contributed by atoms with Crippen LogP contribution in [0.25, 0.3) is 27.6 Å². The summed E-state index contributed by atoms with van der Waals surface area (Å²) in [6.45, 7) is 11.8. The van der Waals surface area contributed by atoms with E-state index < -0.39 is 0 Å². The average Bonchev–Trinajstić information content (AvgIpc) is 3.77. The molecule has 252 valence electrons. The van der Waals surface area contributed by atoms with Gasteiger partial charge in [0.1, 0.15) is 5.82 Å². The Morgan fingerprint density at radius 1 is 0.804 bits per heavy atom. The van der Waals surface area contributed by atoms with Crippen LogP contribution in [0.3, 0.4) is 0 Å². The summed E-state index contributed by atoms with van der Waals surface area (Å²) in [6.07, 6.45) is 1.89. The minimum Gasteiger partial charge on any atom is -0.503 e. The Morgan fingerprint density at radius 2 is 1.59 bits per heavy atom. The molecule has 0 spiro atoms. The molecule has 7 aromatic rings. The third kappa shape index (κ3) is 4.71. The molecule has 2 atom stereocenters. The molecular formula is C45H36N4OPt. The van der Waals surface area contributed by atoms with Crippen LogP contribution in [0.5, 0.6) is 11.5 Å². The molecule has 5 nitrogen and oxygen atoms in total. The van der Waals surface area contributed by atoms with Gasteiger partial charge in [0, 0.05) is 46.6 Å². The molecule has 5 aromatic carbocycles. The average molecular weight is 844 g/mol. The van der Waals surface area contributed by atoms with Crippen molar-refractivity contribution in [3.05, 3.63) is 165 Å². The fourth-order valence-electron chi connectivity index (χ4n) is 8.68. The van der Waals surface area contributed by atoms with E-state index in [0.717, 1.165) is 45.8 Å². The predicted molar refractivity (Wildman–Crippen MR) is 200 cm³/mol. The van der Waals surface area contributed by atoms with E-state index in [0.29, 0.717) is 11.5 Å². The van der Waals surface area contributed by atoms with Crippen LogP contribution in [0.4, 0.5) is 0 Å². The van der Waals surface area contributed by atoms with Crippen molar-refractivity contribution in [2.45, 2.75) is 58.7 Å². The molecule has 0 saturated carbocycles. The first kappa shape index (κ1) is 32.0. The predicted octanol–water partition coefficient (Wildman–Crippen LogP) is 10.2. The van der Waals surface area contributed by atoms with E-state index in [2.05, 4.69) is 147 Å². The maximum absolute atomic E-state index is 6.76. The van der Waals surface area contributed by atoms with E-state index in [1.54, 1.807) is 0 Å². The van der Waals surface area contributed by atoms with Crippen molar-refractivity contribution in [1.82, 2.24) is 14.5 Å². The van der Waals surface area contributed by atoms with E-state index in [1.165, 1.54) is 44.3 Å². The fourth-order valence-corrected chi connectivity index (χ4v) is 8.68. The van der Waals surface area contributed by atoms with Crippen LogP contribution in [0.1, 0.15) is 76.0 Å². The Labute approximate surface area is 312 Å². The van der Waals surface area contributed by atoms with E-state index in [4.69, 9.17) is 14.7 Å². The summed E-state index contributed by atoms with van der Waals surface area (Å²) in [7, 11) is 0. The number of fused-ring (bicyclic) bond motifs is 8. The molecule has 0 bridgehead atoms. The number of pyridine rings is 1. The molecule has 2 aromatic heterocycles. The second kappa shape index (κ2) is 11.5. The van der Waals surface area contributed by atoms with Crippen molar-refractivity contribution in [2.75, 3.05) is 0 Å². The first-order valence-electron chi connectivity index (χ1n) is 17.4. The molecule has 0 aliphatic carbocycles. The van der Waals surface area contributed by atoms with Crippen LogP contribution in [-0.2, 0) is 33.0 Å². The first-order valence-corrected chi connectivity index (χ1v) is 17.4. The SMILES string of the molecule is Cc1cc(Oc2[c-]c3c(cc2C)c2cc(C)cc4c2n3-c2ncccc2C4(C)C)[c-]c(C2=N[C@H](c3ccccc3)[C@@H]3c4ccccc4CN23)c1.[Pt+2]. The molecule has 10 rings (SSSR count). The van der Waals surface area contributed by atoms with Crippen LogP contribution in [-0.4, -0.2) is 20.3 Å². The standard InChI is InChI=1S/C45H36N4O.Pt/c1-26-18-31(43-47-40(29-12-7-6-8-13-29)42-33-15-10-9-14-30(33)25-48(42)43)23-32(19-26)50-39-24-38-34(22-28(39)3)35-20-27(2)21-37-41(35)49(38)44-36(45(37,4)5)16-11-17-46-44;/h6-22,40,42H,25H2,1-5H3;/q-2;+2/t40-,42+;/m1./s1. The number of nitrogens with zero attached hydrogens (tertiary/aromatic N) is 4. The van der Waals surface area contributed by atoms with Gasteiger partial charge in [0.25, 0.3) is 0 Å². The summed E-state index contributed by atoms with van der Waals surface area (Å²) in [6, 6.07) is 42.3. The van der Waals surface area contributed by atoms with Crippen LogP contribution in [0.2, 0.25) is 0 Å². The molecule has 3 aliphatic rings. The second-order valence-corrected chi connectivity index (χ2v) is 14.7. The third-order valence-corrected chi connectivity index (χ3v) is 11.0. The number of hydrogen-bond donors (Lipinski definition) is 0. The summed E-state index contributed by atoms with van der Waals surface area (Å²) in [5.41, 5.74) is 12.7. The molecule has 51 heavy (non-hydrogen) atoms. The Morgan fingerprint density at radius 3 is 2.43 bits per heavy atom. The van der Waals surface area contributed by atoms with Gasteiger partial charge in [0.2, 0.25) is 0 Å². The van der Waals surface area contributed by atoms with Crippen molar-refractivity contribution in [1.29, 1.82) is 0 Å². The van der Waals surface area contributed by atoms with Gasteiger partial charge in [-0.1, -0.05) is 124 Å². The van der Waals surface area contributed by atoms with Crippen molar-refractivity contribution < 1.29 is 25.8 Å². The van der Waals surface area contributed by atoms with Crippen molar-refractivity contribution >= 4 is 27.6 Å². The Kier molecular flexibility index (Phi) is 7.21. The second-order valence-electron chi connectivity index (χ2n) is 14.7. The van der Waals surface area contributed by atoms with E-state index >= 15 is 0 Å². The molecule has 0 saturated heterocycles. The monoisotopic (exact) mass is 843 g/mol. The number of rotatable bonds is 4. The summed E-state index contributed by atoms with van der Waals surface area (Å²) < 4.78 is 9.05. The Hall–Kier alpha value is -4.99. The van der Waals surface area contributed by atoms with Crippen molar-refractivity contribution in [2.24, 2.45) is 4.99 Å². The zero-order chi connectivity index (χ0) is 33.9. The zero-order valence-electron chi connectivity index (χ0n) is 29.2. The molecule has 0 unspecified atom stereocenters. The van der Waals surface area contributed by atoms with Gasteiger partial charge in [-0.25, -0.2) is 4.98 Å². The summed E-state index contributed by atoms with van der Waals surface area (Å²) >= 11 is 0.